The molecule has 0 aromatic heterocycles. The number of carboxylic acid groups (broad SMARTS) is 1. The maximum atomic E-state index is 12.2. The number of urea groups is 1. The smallest absolute Gasteiger partial charge is 0.325 e. The van der Waals surface area contributed by atoms with Crippen LogP contribution in [0.4, 0.5) is 4.79 Å². The molecule has 1 atom stereocenters. The summed E-state index contributed by atoms with van der Waals surface area (Å²) in [6, 6.07) is 5.99. The lowest BCUT2D eigenvalue weighted by atomic mass is 10.2. The van der Waals surface area contributed by atoms with Crippen LogP contribution in [0.25, 0.3) is 0 Å². The Kier molecular flexibility index (Phi) is 7.02. The fraction of sp³-hybridized carbons (Fsp3) is 0.467. The monoisotopic (exact) mass is 312 g/mol. The number of hydrogen-bond acceptors (Lipinski definition) is 2. The highest BCUT2D eigenvalue weighted by molar-refractivity contribution is 6.30. The van der Waals surface area contributed by atoms with Crippen molar-refractivity contribution >= 4 is 23.6 Å². The summed E-state index contributed by atoms with van der Waals surface area (Å²) < 4.78 is 0. The predicted octanol–water partition coefficient (Wildman–Crippen LogP) is 3.12. The molecule has 0 aliphatic carbocycles. The number of carboxylic acids is 1. The van der Waals surface area contributed by atoms with Crippen molar-refractivity contribution in [3.8, 4) is 0 Å². The van der Waals surface area contributed by atoms with E-state index in [-0.39, 0.29) is 6.03 Å². The van der Waals surface area contributed by atoms with Gasteiger partial charge in [-0.2, -0.15) is 0 Å². The highest BCUT2D eigenvalue weighted by Crippen LogP contribution is 2.13. The lowest BCUT2D eigenvalue weighted by Gasteiger charge is -2.24. The van der Waals surface area contributed by atoms with Crippen LogP contribution < -0.4 is 5.32 Å². The Morgan fingerprint density at radius 1 is 1.43 bits per heavy atom. The Bertz CT molecular complexity index is 494. The number of rotatable bonds is 7. The van der Waals surface area contributed by atoms with Gasteiger partial charge in [0.2, 0.25) is 0 Å². The standard InChI is InChI=1S/C15H21ClN2O3/c1-3-4-8-18(15(21)17-11(2)14(19)20)10-12-6-5-7-13(16)9-12/h5-7,9,11H,3-4,8,10H2,1-2H3,(H,17,21)(H,19,20)/t11-/m1/s1. The third-order valence-corrected chi connectivity index (χ3v) is 3.28. The molecule has 1 aromatic rings. The molecule has 21 heavy (non-hydrogen) atoms. The van der Waals surface area contributed by atoms with E-state index >= 15 is 0 Å². The van der Waals surface area contributed by atoms with Gasteiger partial charge in [0.25, 0.3) is 0 Å². The largest absolute Gasteiger partial charge is 0.480 e. The van der Waals surface area contributed by atoms with Crippen LogP contribution in [0.3, 0.4) is 0 Å². The fourth-order valence-electron chi connectivity index (χ4n) is 1.80. The summed E-state index contributed by atoms with van der Waals surface area (Å²) >= 11 is 5.94. The first-order chi connectivity index (χ1) is 9.93. The van der Waals surface area contributed by atoms with Gasteiger partial charge in [-0.15, -0.1) is 0 Å². The van der Waals surface area contributed by atoms with Crippen LogP contribution in [-0.4, -0.2) is 34.6 Å². The quantitative estimate of drug-likeness (QED) is 0.812. The Balaban J connectivity index is 2.74. The van der Waals surface area contributed by atoms with Crippen LogP contribution in [0.5, 0.6) is 0 Å². The molecule has 2 amide bonds. The topological polar surface area (TPSA) is 69.6 Å². The number of carbonyl (C=O) groups is 2. The van der Waals surface area contributed by atoms with Gasteiger partial charge in [0, 0.05) is 18.1 Å². The molecule has 0 unspecified atom stereocenters. The van der Waals surface area contributed by atoms with E-state index in [9.17, 15) is 9.59 Å². The average molecular weight is 313 g/mol. The number of hydrogen-bond donors (Lipinski definition) is 2. The van der Waals surface area contributed by atoms with Crippen molar-refractivity contribution in [2.45, 2.75) is 39.3 Å². The Morgan fingerprint density at radius 3 is 2.71 bits per heavy atom. The molecule has 0 bridgehead atoms. The van der Waals surface area contributed by atoms with Crippen molar-refractivity contribution in [2.24, 2.45) is 0 Å². The van der Waals surface area contributed by atoms with Gasteiger partial charge in [-0.25, -0.2) is 4.79 Å². The maximum absolute atomic E-state index is 12.2. The second-order valence-electron chi connectivity index (χ2n) is 4.91. The van der Waals surface area contributed by atoms with E-state index in [0.717, 1.165) is 18.4 Å². The number of amides is 2. The van der Waals surface area contributed by atoms with Crippen molar-refractivity contribution in [1.29, 1.82) is 0 Å². The number of nitrogens with one attached hydrogen (secondary N) is 1. The molecule has 0 spiro atoms. The van der Waals surface area contributed by atoms with E-state index in [1.807, 2.05) is 19.1 Å². The van der Waals surface area contributed by atoms with Gasteiger partial charge in [0.15, 0.2) is 0 Å². The summed E-state index contributed by atoms with van der Waals surface area (Å²) in [4.78, 5) is 24.6. The number of benzene rings is 1. The number of aliphatic carboxylic acids is 1. The molecule has 6 heteroatoms. The van der Waals surface area contributed by atoms with E-state index < -0.39 is 12.0 Å². The van der Waals surface area contributed by atoms with Gasteiger partial charge in [0.1, 0.15) is 6.04 Å². The number of nitrogens with zero attached hydrogens (tertiary/aromatic N) is 1. The molecule has 0 fully saturated rings. The molecule has 5 nitrogen and oxygen atoms in total. The third kappa shape index (κ3) is 6.04. The van der Waals surface area contributed by atoms with Crippen molar-refractivity contribution < 1.29 is 14.7 Å². The number of halogens is 1. The summed E-state index contributed by atoms with van der Waals surface area (Å²) in [6.45, 7) is 4.45. The maximum Gasteiger partial charge on any atom is 0.325 e. The molecular weight excluding hydrogens is 292 g/mol. The molecule has 0 heterocycles. The summed E-state index contributed by atoms with van der Waals surface area (Å²) in [5, 5.41) is 12.0. The SMILES string of the molecule is CCCCN(Cc1cccc(Cl)c1)C(=O)N[C@H](C)C(=O)O. The second kappa shape index (κ2) is 8.52. The highest BCUT2D eigenvalue weighted by atomic mass is 35.5. The minimum atomic E-state index is -1.05. The predicted molar refractivity (Wildman–Crippen MR) is 82.4 cm³/mol. The van der Waals surface area contributed by atoms with Crippen molar-refractivity contribution in [1.82, 2.24) is 10.2 Å². The summed E-state index contributed by atoms with van der Waals surface area (Å²) in [6.07, 6.45) is 1.81. The Morgan fingerprint density at radius 2 is 2.14 bits per heavy atom. The van der Waals surface area contributed by atoms with Gasteiger partial charge >= 0.3 is 12.0 Å². The Hall–Kier alpha value is -1.75. The summed E-state index contributed by atoms with van der Waals surface area (Å²) in [5.41, 5.74) is 0.914. The minimum absolute atomic E-state index is 0.377. The normalized spacial score (nSPS) is 11.8. The van der Waals surface area contributed by atoms with Gasteiger partial charge in [-0.1, -0.05) is 37.1 Å². The Labute approximate surface area is 129 Å². The van der Waals surface area contributed by atoms with Crippen molar-refractivity contribution in [3.05, 3.63) is 34.9 Å². The van der Waals surface area contributed by atoms with Crippen LogP contribution >= 0.6 is 11.6 Å². The van der Waals surface area contributed by atoms with Gasteiger partial charge in [-0.3, -0.25) is 4.79 Å². The second-order valence-corrected chi connectivity index (χ2v) is 5.35. The van der Waals surface area contributed by atoms with Gasteiger partial charge < -0.3 is 15.3 Å². The van der Waals surface area contributed by atoms with Crippen LogP contribution in [0.15, 0.2) is 24.3 Å². The number of carbonyl (C=O) groups excluding carboxylic acids is 1. The van der Waals surface area contributed by atoms with E-state index in [1.165, 1.54) is 6.92 Å². The molecule has 0 saturated heterocycles. The number of unbranched alkanes of at least 4 members (excludes halogenated alkanes) is 1. The molecule has 0 saturated carbocycles. The lowest BCUT2D eigenvalue weighted by Crippen LogP contribution is -2.46. The molecule has 0 radical (unpaired) electrons. The first-order valence-corrected chi connectivity index (χ1v) is 7.34. The first-order valence-electron chi connectivity index (χ1n) is 6.96. The summed E-state index contributed by atoms with van der Waals surface area (Å²) in [7, 11) is 0. The van der Waals surface area contributed by atoms with E-state index in [2.05, 4.69) is 5.32 Å². The first kappa shape index (κ1) is 17.3. The van der Waals surface area contributed by atoms with E-state index in [0.29, 0.717) is 18.1 Å². The van der Waals surface area contributed by atoms with Crippen molar-refractivity contribution in [2.75, 3.05) is 6.54 Å². The van der Waals surface area contributed by atoms with Crippen LogP contribution in [-0.2, 0) is 11.3 Å². The molecule has 116 valence electrons. The fourth-order valence-corrected chi connectivity index (χ4v) is 2.01. The third-order valence-electron chi connectivity index (χ3n) is 3.04. The molecular formula is C15H21ClN2O3. The summed E-state index contributed by atoms with van der Waals surface area (Å²) in [5.74, 6) is -1.05. The lowest BCUT2D eigenvalue weighted by molar-refractivity contribution is -0.138. The molecule has 0 aliphatic rings. The van der Waals surface area contributed by atoms with Crippen LogP contribution in [0.2, 0.25) is 5.02 Å². The molecule has 1 aromatic carbocycles. The van der Waals surface area contributed by atoms with Gasteiger partial charge in [-0.05, 0) is 31.0 Å². The molecule has 1 rings (SSSR count). The van der Waals surface area contributed by atoms with Crippen molar-refractivity contribution in [3.63, 3.8) is 0 Å². The minimum Gasteiger partial charge on any atom is -0.480 e. The zero-order valence-electron chi connectivity index (χ0n) is 12.3. The van der Waals surface area contributed by atoms with Crippen LogP contribution in [0, 0.1) is 0 Å². The van der Waals surface area contributed by atoms with E-state index in [4.69, 9.17) is 16.7 Å². The molecule has 0 aliphatic heterocycles. The molecule has 2 N–H and O–H groups in total. The van der Waals surface area contributed by atoms with Gasteiger partial charge in [0.05, 0.1) is 0 Å². The van der Waals surface area contributed by atoms with E-state index in [1.54, 1.807) is 17.0 Å². The zero-order valence-corrected chi connectivity index (χ0v) is 13.1. The zero-order chi connectivity index (χ0) is 15.8. The van der Waals surface area contributed by atoms with Crippen LogP contribution in [0.1, 0.15) is 32.3 Å². The average Bonchev–Trinajstić information content (AvgIpc) is 2.43. The highest BCUT2D eigenvalue weighted by Gasteiger charge is 2.19.